The topological polar surface area (TPSA) is 58.2 Å². The summed E-state index contributed by atoms with van der Waals surface area (Å²) in [6, 6.07) is 0.870. The molecular formula is C29H46N2O2. The number of fused-ring (bicyclic) bond motifs is 4. The fourth-order valence-corrected chi connectivity index (χ4v) is 9.30. The first-order valence-corrected chi connectivity index (χ1v) is 14.7. The molecule has 0 heterocycles. The van der Waals surface area contributed by atoms with Crippen LogP contribution in [-0.4, -0.2) is 23.9 Å². The fourth-order valence-electron chi connectivity index (χ4n) is 9.30. The van der Waals surface area contributed by atoms with Gasteiger partial charge in [0.25, 0.3) is 0 Å². The van der Waals surface area contributed by atoms with Gasteiger partial charge in [0, 0.05) is 23.9 Å². The van der Waals surface area contributed by atoms with Crippen LogP contribution in [0.2, 0.25) is 0 Å². The highest BCUT2D eigenvalue weighted by molar-refractivity contribution is 5.80. The summed E-state index contributed by atoms with van der Waals surface area (Å²) in [5, 5.41) is 6.90. The van der Waals surface area contributed by atoms with Crippen LogP contribution in [0.15, 0.2) is 0 Å². The Morgan fingerprint density at radius 3 is 1.27 bits per heavy atom. The van der Waals surface area contributed by atoms with Gasteiger partial charge < -0.3 is 10.6 Å². The quantitative estimate of drug-likeness (QED) is 0.549. The zero-order valence-corrected chi connectivity index (χ0v) is 20.6. The normalized spacial score (nSPS) is 46.4. The molecule has 6 fully saturated rings. The molecule has 184 valence electrons. The Bertz CT molecular complexity index is 661. The number of nitrogens with one attached hydrogen (secondary N) is 2. The molecule has 4 heteroatoms. The largest absolute Gasteiger partial charge is 0.353 e. The van der Waals surface area contributed by atoms with Crippen LogP contribution in [0.1, 0.15) is 109 Å². The zero-order valence-electron chi connectivity index (χ0n) is 20.6. The van der Waals surface area contributed by atoms with Crippen LogP contribution in [0, 0.1) is 47.3 Å². The van der Waals surface area contributed by atoms with Crippen molar-refractivity contribution in [2.24, 2.45) is 47.3 Å². The van der Waals surface area contributed by atoms with Crippen LogP contribution in [0.4, 0.5) is 0 Å². The Balaban J connectivity index is 0.875. The summed E-state index contributed by atoms with van der Waals surface area (Å²) in [7, 11) is 0. The SMILES string of the molecule is O=C(NC1CCC(CC2CCC(NC(=O)[C@@H]3C[C@@H]4CC[C@@H]3C4)CC2)CC1)[C@H]1C[C@@H]2CC[C@@H]1C2. The van der Waals surface area contributed by atoms with E-state index in [1.807, 2.05) is 0 Å². The van der Waals surface area contributed by atoms with Crippen molar-refractivity contribution >= 4 is 11.8 Å². The van der Waals surface area contributed by atoms with Crippen molar-refractivity contribution in [3.05, 3.63) is 0 Å². The summed E-state index contributed by atoms with van der Waals surface area (Å²) in [4.78, 5) is 25.6. The molecule has 0 saturated heterocycles. The van der Waals surface area contributed by atoms with Crippen LogP contribution < -0.4 is 10.6 Å². The highest BCUT2D eigenvalue weighted by Crippen LogP contribution is 2.49. The van der Waals surface area contributed by atoms with Crippen molar-refractivity contribution in [2.45, 2.75) is 121 Å². The molecule has 0 aromatic heterocycles. The molecule has 6 rings (SSSR count). The molecule has 0 aliphatic heterocycles. The summed E-state index contributed by atoms with van der Waals surface area (Å²) in [6.45, 7) is 0. The van der Waals surface area contributed by atoms with Crippen molar-refractivity contribution in [2.75, 3.05) is 0 Å². The van der Waals surface area contributed by atoms with Gasteiger partial charge in [0.1, 0.15) is 0 Å². The van der Waals surface area contributed by atoms with Crippen molar-refractivity contribution < 1.29 is 9.59 Å². The summed E-state index contributed by atoms with van der Waals surface area (Å²) in [5.74, 6) is 6.23. The second-order valence-electron chi connectivity index (χ2n) is 13.3. The minimum Gasteiger partial charge on any atom is -0.353 e. The van der Waals surface area contributed by atoms with E-state index in [1.165, 1.54) is 96.3 Å². The minimum atomic E-state index is 0.334. The summed E-state index contributed by atoms with van der Waals surface area (Å²) < 4.78 is 0. The Morgan fingerprint density at radius 2 is 0.939 bits per heavy atom. The van der Waals surface area contributed by atoms with Crippen LogP contribution in [-0.2, 0) is 9.59 Å². The van der Waals surface area contributed by atoms with E-state index in [1.54, 1.807) is 0 Å². The first kappa shape index (κ1) is 22.4. The fraction of sp³-hybridized carbons (Fsp3) is 0.931. The van der Waals surface area contributed by atoms with Gasteiger partial charge in [0.15, 0.2) is 0 Å². The molecule has 0 aromatic carbocycles. The molecule has 0 aromatic rings. The number of rotatable bonds is 6. The lowest BCUT2D eigenvalue weighted by Gasteiger charge is -2.35. The Morgan fingerprint density at radius 1 is 0.515 bits per heavy atom. The van der Waals surface area contributed by atoms with Crippen LogP contribution in [0.25, 0.3) is 0 Å². The van der Waals surface area contributed by atoms with E-state index in [9.17, 15) is 9.59 Å². The predicted molar refractivity (Wildman–Crippen MR) is 130 cm³/mol. The molecular weight excluding hydrogens is 408 g/mol. The summed E-state index contributed by atoms with van der Waals surface area (Å²) >= 11 is 0. The van der Waals surface area contributed by atoms with Gasteiger partial charge in [-0.15, -0.1) is 0 Å². The first-order chi connectivity index (χ1) is 16.1. The molecule has 4 bridgehead atoms. The smallest absolute Gasteiger partial charge is 0.223 e. The maximum absolute atomic E-state index is 12.8. The van der Waals surface area contributed by atoms with Crippen LogP contribution >= 0.6 is 0 Å². The van der Waals surface area contributed by atoms with Crippen molar-refractivity contribution in [1.29, 1.82) is 0 Å². The maximum atomic E-state index is 12.8. The predicted octanol–water partition coefficient (Wildman–Crippen LogP) is 5.60. The maximum Gasteiger partial charge on any atom is 0.223 e. The number of amides is 2. The lowest BCUT2D eigenvalue weighted by Crippen LogP contribution is -2.43. The number of hydrogen-bond acceptors (Lipinski definition) is 2. The van der Waals surface area contributed by atoms with E-state index in [0.29, 0.717) is 47.6 Å². The third-order valence-corrected chi connectivity index (χ3v) is 11.2. The molecule has 0 unspecified atom stereocenters. The Kier molecular flexibility index (Phi) is 6.47. The average Bonchev–Trinajstić information content (AvgIpc) is 3.63. The van der Waals surface area contributed by atoms with Gasteiger partial charge in [-0.1, -0.05) is 12.8 Å². The standard InChI is InChI=1S/C29H46N2O2/c32-28(26-16-20-1-7-22(26)14-20)30-24-9-3-18(4-10-24)13-19-5-11-25(12-6-19)31-29(33)27-17-21-2-8-23(27)15-21/h18-27H,1-17H2,(H,30,32)(H,31,33)/t18?,19?,20-,21-,22-,23-,24?,25?,26-,27+/m1/s1. The molecule has 2 amide bonds. The molecule has 0 radical (unpaired) electrons. The monoisotopic (exact) mass is 454 g/mol. The van der Waals surface area contributed by atoms with E-state index in [4.69, 9.17) is 0 Å². The molecule has 2 N–H and O–H groups in total. The number of carbonyl (C=O) groups excluding carboxylic acids is 2. The molecule has 33 heavy (non-hydrogen) atoms. The minimum absolute atomic E-state index is 0.334. The second kappa shape index (κ2) is 9.53. The average molecular weight is 455 g/mol. The van der Waals surface area contributed by atoms with Crippen molar-refractivity contribution in [1.82, 2.24) is 10.6 Å². The summed E-state index contributed by atoms with van der Waals surface area (Å²) in [6.07, 6.45) is 21.6. The molecule has 6 saturated carbocycles. The highest BCUT2D eigenvalue weighted by Gasteiger charge is 2.44. The van der Waals surface area contributed by atoms with Crippen molar-refractivity contribution in [3.63, 3.8) is 0 Å². The van der Waals surface area contributed by atoms with Gasteiger partial charge in [-0.3, -0.25) is 9.59 Å². The van der Waals surface area contributed by atoms with E-state index in [0.717, 1.165) is 36.5 Å². The molecule has 6 atom stereocenters. The lowest BCUT2D eigenvalue weighted by molar-refractivity contribution is -0.128. The van der Waals surface area contributed by atoms with Crippen LogP contribution in [0.5, 0.6) is 0 Å². The molecule has 6 aliphatic rings. The van der Waals surface area contributed by atoms with E-state index >= 15 is 0 Å². The summed E-state index contributed by atoms with van der Waals surface area (Å²) in [5.41, 5.74) is 0. The van der Waals surface area contributed by atoms with Crippen LogP contribution in [0.3, 0.4) is 0 Å². The van der Waals surface area contributed by atoms with E-state index in [-0.39, 0.29) is 0 Å². The highest BCUT2D eigenvalue weighted by atomic mass is 16.2. The number of hydrogen-bond donors (Lipinski definition) is 2. The Labute approximate surface area is 200 Å². The van der Waals surface area contributed by atoms with E-state index in [2.05, 4.69) is 10.6 Å². The van der Waals surface area contributed by atoms with Crippen molar-refractivity contribution in [3.8, 4) is 0 Å². The third-order valence-electron chi connectivity index (χ3n) is 11.2. The van der Waals surface area contributed by atoms with Gasteiger partial charge in [-0.25, -0.2) is 0 Å². The molecule has 4 nitrogen and oxygen atoms in total. The second-order valence-corrected chi connectivity index (χ2v) is 13.3. The zero-order chi connectivity index (χ0) is 22.4. The lowest BCUT2D eigenvalue weighted by atomic mass is 9.75. The van der Waals surface area contributed by atoms with Gasteiger partial charge in [-0.05, 0) is 132 Å². The van der Waals surface area contributed by atoms with E-state index < -0.39 is 0 Å². The van der Waals surface area contributed by atoms with Gasteiger partial charge in [-0.2, -0.15) is 0 Å². The number of carbonyl (C=O) groups is 2. The van der Waals surface area contributed by atoms with Gasteiger partial charge in [0.2, 0.25) is 11.8 Å². The van der Waals surface area contributed by atoms with Gasteiger partial charge >= 0.3 is 0 Å². The first-order valence-electron chi connectivity index (χ1n) is 14.7. The molecule has 0 spiro atoms. The van der Waals surface area contributed by atoms with Gasteiger partial charge in [0.05, 0.1) is 0 Å². The molecule has 6 aliphatic carbocycles. The Hall–Kier alpha value is -1.06. The third kappa shape index (κ3) is 4.87.